The largest absolute Gasteiger partial charge is 0.508 e. The highest BCUT2D eigenvalue weighted by Crippen LogP contribution is 2.42. The molecular weight excluding hydrogens is 522 g/mol. The van der Waals surface area contributed by atoms with E-state index in [1.807, 2.05) is 36.1 Å². The molecule has 1 fully saturated rings. The average Bonchev–Trinajstić information content (AvgIpc) is 3.33. The third kappa shape index (κ3) is 5.16. The van der Waals surface area contributed by atoms with E-state index in [1.165, 1.54) is 55.9 Å². The maximum Gasteiger partial charge on any atom is 0.258 e. The molecule has 7 heteroatoms. The van der Waals surface area contributed by atoms with Crippen LogP contribution in [-0.4, -0.2) is 31.0 Å². The number of phenols is 2. The van der Waals surface area contributed by atoms with Crippen LogP contribution in [0.15, 0.2) is 66.9 Å². The molecule has 6 nitrogen and oxygen atoms in total. The zero-order valence-electron chi connectivity index (χ0n) is 22.5. The molecule has 0 unspecified atom stereocenters. The number of rotatable bonds is 5. The topological polar surface area (TPSA) is 86.6 Å². The maximum atomic E-state index is 13.9. The predicted octanol–water partition coefficient (Wildman–Crippen LogP) is 7.38. The van der Waals surface area contributed by atoms with Crippen LogP contribution in [0.25, 0.3) is 11.3 Å². The number of carbonyl (C=O) groups excluding carboxylic acids is 1. The molecule has 1 amide bonds. The Labute approximate surface area is 239 Å². The number of halogens is 1. The molecule has 2 heterocycles. The van der Waals surface area contributed by atoms with Crippen LogP contribution in [0.5, 0.6) is 11.5 Å². The number of hydrogen-bond acceptors (Lipinski definition) is 5. The molecule has 40 heavy (non-hydrogen) atoms. The maximum absolute atomic E-state index is 13.9. The van der Waals surface area contributed by atoms with Gasteiger partial charge in [-0.15, -0.1) is 0 Å². The van der Waals surface area contributed by atoms with Gasteiger partial charge in [0.2, 0.25) is 5.28 Å². The number of benzene rings is 3. The fourth-order valence-electron chi connectivity index (χ4n) is 6.30. The number of aromatic hydroxyl groups is 2. The summed E-state index contributed by atoms with van der Waals surface area (Å²) < 4.78 is 0. The minimum Gasteiger partial charge on any atom is -0.508 e. The van der Waals surface area contributed by atoms with Gasteiger partial charge in [0.25, 0.3) is 5.91 Å². The molecule has 1 saturated carbocycles. The van der Waals surface area contributed by atoms with Crippen molar-refractivity contribution in [3.05, 3.63) is 106 Å². The zero-order valence-corrected chi connectivity index (χ0v) is 23.2. The summed E-state index contributed by atoms with van der Waals surface area (Å²) in [4.78, 5) is 24.1. The van der Waals surface area contributed by atoms with Crippen molar-refractivity contribution in [3.63, 3.8) is 0 Å². The van der Waals surface area contributed by atoms with E-state index in [9.17, 15) is 15.0 Å². The first-order valence-electron chi connectivity index (χ1n) is 13.9. The van der Waals surface area contributed by atoms with E-state index in [0.717, 1.165) is 45.8 Å². The Morgan fingerprint density at radius 2 is 1.77 bits per heavy atom. The summed E-state index contributed by atoms with van der Waals surface area (Å²) in [5.41, 5.74) is 7.28. The Hall–Kier alpha value is -3.90. The van der Waals surface area contributed by atoms with Crippen LogP contribution < -0.4 is 0 Å². The molecule has 0 spiro atoms. The minimum atomic E-state index is -0.316. The molecule has 2 N–H and O–H groups in total. The predicted molar refractivity (Wildman–Crippen MR) is 155 cm³/mol. The molecule has 0 saturated heterocycles. The molecule has 204 valence electrons. The molecular formula is C33H32ClN3O3. The first kappa shape index (κ1) is 26.3. The number of nitrogens with zero attached hydrogens (tertiary/aromatic N) is 3. The van der Waals surface area contributed by atoms with Crippen LogP contribution in [0, 0.1) is 12.8 Å². The highest BCUT2D eigenvalue weighted by Gasteiger charge is 2.36. The van der Waals surface area contributed by atoms with Gasteiger partial charge in [0.05, 0.1) is 17.3 Å². The molecule has 1 aliphatic heterocycles. The summed E-state index contributed by atoms with van der Waals surface area (Å²) in [6.07, 6.45) is 9.31. The molecule has 1 aromatic heterocycles. The monoisotopic (exact) mass is 553 g/mol. The molecule has 3 aromatic carbocycles. The number of phenolic OH excluding ortho intramolecular Hbond substituents is 2. The van der Waals surface area contributed by atoms with Gasteiger partial charge in [-0.1, -0.05) is 74.6 Å². The SMILES string of the molecule is Cc1cnc(Cl)nc1-c1ccc([C@H]2c3ccc(CC4CCCCC4)cc3CN2C(=O)c2ccc(O)cc2O)cc1. The van der Waals surface area contributed by atoms with Crippen molar-refractivity contribution in [1.82, 2.24) is 14.9 Å². The minimum absolute atomic E-state index is 0.0848. The highest BCUT2D eigenvalue weighted by atomic mass is 35.5. The number of amides is 1. The lowest BCUT2D eigenvalue weighted by Gasteiger charge is -2.26. The van der Waals surface area contributed by atoms with Gasteiger partial charge in [-0.25, -0.2) is 9.97 Å². The van der Waals surface area contributed by atoms with Gasteiger partial charge in [-0.3, -0.25) is 4.79 Å². The van der Waals surface area contributed by atoms with E-state index in [1.54, 1.807) is 6.20 Å². The van der Waals surface area contributed by atoms with Gasteiger partial charge in [0, 0.05) is 24.4 Å². The molecule has 1 atom stereocenters. The summed E-state index contributed by atoms with van der Waals surface area (Å²) in [5.74, 6) is 0.125. The average molecular weight is 554 g/mol. The summed E-state index contributed by atoms with van der Waals surface area (Å²) in [6, 6.07) is 18.5. The van der Waals surface area contributed by atoms with E-state index in [-0.39, 0.29) is 34.3 Å². The van der Waals surface area contributed by atoms with Crippen molar-refractivity contribution in [2.75, 3.05) is 0 Å². The van der Waals surface area contributed by atoms with Crippen LogP contribution in [0.1, 0.15) is 76.3 Å². The Morgan fingerprint density at radius 1 is 1.00 bits per heavy atom. The van der Waals surface area contributed by atoms with Crippen molar-refractivity contribution in [2.45, 2.75) is 58.0 Å². The third-order valence-corrected chi connectivity index (χ3v) is 8.50. The van der Waals surface area contributed by atoms with Gasteiger partial charge < -0.3 is 15.1 Å². The fourth-order valence-corrected chi connectivity index (χ4v) is 6.43. The van der Waals surface area contributed by atoms with Crippen molar-refractivity contribution in [1.29, 1.82) is 0 Å². The Morgan fingerprint density at radius 3 is 2.52 bits per heavy atom. The molecule has 2 aliphatic rings. The van der Waals surface area contributed by atoms with Gasteiger partial charge in [-0.2, -0.15) is 0 Å². The Bertz CT molecular complexity index is 1560. The van der Waals surface area contributed by atoms with E-state index >= 15 is 0 Å². The summed E-state index contributed by atoms with van der Waals surface area (Å²) in [7, 11) is 0. The summed E-state index contributed by atoms with van der Waals surface area (Å²) in [6.45, 7) is 2.39. The second kappa shape index (κ2) is 10.9. The normalized spacial score (nSPS) is 17.1. The molecule has 0 bridgehead atoms. The standard InChI is InChI=1S/C33H32ClN3O3/c1-20-18-35-33(34)36-30(20)23-8-10-24(11-9-23)31-27-13-7-22(15-21-5-3-2-4-6-21)16-25(27)19-37(31)32(40)28-14-12-26(38)17-29(28)39/h7-14,16-18,21,31,38-39H,2-6,15,19H2,1H3/t31-/m0/s1. The van der Waals surface area contributed by atoms with E-state index < -0.39 is 0 Å². The van der Waals surface area contributed by atoms with Crippen molar-refractivity contribution >= 4 is 17.5 Å². The lowest BCUT2D eigenvalue weighted by Crippen LogP contribution is -2.30. The number of hydrogen-bond donors (Lipinski definition) is 2. The highest BCUT2D eigenvalue weighted by molar-refractivity contribution is 6.28. The van der Waals surface area contributed by atoms with E-state index in [0.29, 0.717) is 6.54 Å². The number of aryl methyl sites for hydroxylation is 1. The number of fused-ring (bicyclic) bond motifs is 1. The van der Waals surface area contributed by atoms with Crippen LogP contribution in [0.2, 0.25) is 5.28 Å². The number of carbonyl (C=O) groups is 1. The summed E-state index contributed by atoms with van der Waals surface area (Å²) in [5, 5.41) is 20.5. The van der Waals surface area contributed by atoms with Gasteiger partial charge in [0.1, 0.15) is 11.5 Å². The molecule has 1 aliphatic carbocycles. The first-order valence-corrected chi connectivity index (χ1v) is 14.3. The van der Waals surface area contributed by atoms with Gasteiger partial charge in [-0.05, 0) is 70.8 Å². The second-order valence-electron chi connectivity index (χ2n) is 11.1. The van der Waals surface area contributed by atoms with Gasteiger partial charge >= 0.3 is 0 Å². The second-order valence-corrected chi connectivity index (χ2v) is 11.4. The Balaban J connectivity index is 1.36. The van der Waals surface area contributed by atoms with Crippen LogP contribution >= 0.6 is 11.6 Å². The van der Waals surface area contributed by atoms with Crippen LogP contribution in [0.3, 0.4) is 0 Å². The number of aromatic nitrogens is 2. The zero-order chi connectivity index (χ0) is 27.8. The van der Waals surface area contributed by atoms with Crippen molar-refractivity contribution < 1.29 is 15.0 Å². The lowest BCUT2D eigenvalue weighted by molar-refractivity contribution is 0.0715. The first-order chi connectivity index (χ1) is 19.4. The van der Waals surface area contributed by atoms with Gasteiger partial charge in [0.15, 0.2) is 0 Å². The molecule has 6 rings (SSSR count). The molecule has 4 aromatic rings. The Kier molecular flexibility index (Phi) is 7.20. The fraction of sp³-hybridized carbons (Fsp3) is 0.303. The lowest BCUT2D eigenvalue weighted by atomic mass is 9.84. The van der Waals surface area contributed by atoms with E-state index in [4.69, 9.17) is 11.6 Å². The van der Waals surface area contributed by atoms with Crippen LogP contribution in [-0.2, 0) is 13.0 Å². The van der Waals surface area contributed by atoms with Crippen molar-refractivity contribution in [2.24, 2.45) is 5.92 Å². The quantitative estimate of drug-likeness (QED) is 0.252. The third-order valence-electron chi connectivity index (χ3n) is 8.32. The van der Waals surface area contributed by atoms with Crippen molar-refractivity contribution in [3.8, 4) is 22.8 Å². The summed E-state index contributed by atoms with van der Waals surface area (Å²) >= 11 is 6.06. The molecule has 0 radical (unpaired) electrons. The van der Waals surface area contributed by atoms with Crippen LogP contribution in [0.4, 0.5) is 0 Å². The van der Waals surface area contributed by atoms with E-state index in [2.05, 4.69) is 28.2 Å². The smallest absolute Gasteiger partial charge is 0.258 e.